The number of hydrogen-bond acceptors (Lipinski definition) is 5. The van der Waals surface area contributed by atoms with Crippen molar-refractivity contribution in [2.45, 2.75) is 36.9 Å². The van der Waals surface area contributed by atoms with E-state index in [4.69, 9.17) is 4.74 Å². The minimum Gasteiger partial charge on any atom is -0.469 e. The summed E-state index contributed by atoms with van der Waals surface area (Å²) in [5.41, 5.74) is 2.40. The quantitative estimate of drug-likeness (QED) is 0.604. The highest BCUT2D eigenvalue weighted by atomic mass is 16.5. The molecule has 4 fully saturated rings. The Labute approximate surface area is 147 Å². The van der Waals surface area contributed by atoms with Crippen molar-refractivity contribution in [2.24, 2.45) is 11.8 Å². The zero-order chi connectivity index (χ0) is 17.4. The Hall–Kier alpha value is -1.85. The smallest absolute Gasteiger partial charge is 0.310 e. The first-order chi connectivity index (χ1) is 12.1. The molecule has 0 aromatic heterocycles. The second-order valence-corrected chi connectivity index (χ2v) is 7.80. The standard InChI is InChI=1S/C20H24N2O3/c1-3-12-11-22-9-8-19-14-6-4-5-7-15(14)21-20(19,22)16(23)10-13(12)17(19)18(24)25-2/h3-7,13,16-17,21,23H,8-11H2,1-2H3. The molecule has 6 rings (SSSR count). The van der Waals surface area contributed by atoms with Gasteiger partial charge in [-0.15, -0.1) is 0 Å². The van der Waals surface area contributed by atoms with Gasteiger partial charge in [0.1, 0.15) is 5.66 Å². The van der Waals surface area contributed by atoms with Crippen LogP contribution in [0.1, 0.15) is 25.3 Å². The number of aliphatic hydroxyl groups is 1. The van der Waals surface area contributed by atoms with E-state index >= 15 is 0 Å². The summed E-state index contributed by atoms with van der Waals surface area (Å²) in [6.07, 6.45) is 3.07. The highest BCUT2D eigenvalue weighted by molar-refractivity contribution is 5.81. The number of rotatable bonds is 1. The first-order valence-corrected chi connectivity index (χ1v) is 9.14. The zero-order valence-electron chi connectivity index (χ0n) is 14.7. The summed E-state index contributed by atoms with van der Waals surface area (Å²) >= 11 is 0. The van der Waals surface area contributed by atoms with Crippen molar-refractivity contribution < 1.29 is 14.6 Å². The van der Waals surface area contributed by atoms with Gasteiger partial charge in [0.05, 0.1) is 24.5 Å². The second kappa shape index (κ2) is 4.86. The lowest BCUT2D eigenvalue weighted by molar-refractivity contribution is -0.158. The normalized spacial score (nSPS) is 44.8. The van der Waals surface area contributed by atoms with E-state index in [1.54, 1.807) is 0 Å². The molecule has 1 aromatic rings. The maximum atomic E-state index is 13.0. The van der Waals surface area contributed by atoms with Gasteiger partial charge in [-0.1, -0.05) is 29.8 Å². The predicted molar refractivity (Wildman–Crippen MR) is 94.0 cm³/mol. The van der Waals surface area contributed by atoms with E-state index in [1.807, 2.05) is 19.1 Å². The van der Waals surface area contributed by atoms with Crippen LogP contribution in [0.2, 0.25) is 0 Å². The van der Waals surface area contributed by atoms with Gasteiger partial charge in [0, 0.05) is 18.8 Å². The Morgan fingerprint density at radius 3 is 3.00 bits per heavy atom. The molecule has 0 radical (unpaired) electrons. The summed E-state index contributed by atoms with van der Waals surface area (Å²) in [6, 6.07) is 8.23. The van der Waals surface area contributed by atoms with Crippen molar-refractivity contribution in [3.63, 3.8) is 0 Å². The molecule has 1 aliphatic carbocycles. The van der Waals surface area contributed by atoms with Crippen LogP contribution in [0.5, 0.6) is 0 Å². The first kappa shape index (κ1) is 15.4. The highest BCUT2D eigenvalue weighted by Gasteiger charge is 2.76. The van der Waals surface area contributed by atoms with Gasteiger partial charge in [0.15, 0.2) is 0 Å². The number of para-hydroxylation sites is 1. The summed E-state index contributed by atoms with van der Waals surface area (Å²) < 4.78 is 5.30. The number of carbonyl (C=O) groups is 1. The summed E-state index contributed by atoms with van der Waals surface area (Å²) in [5, 5.41) is 15.0. The lowest BCUT2D eigenvalue weighted by Gasteiger charge is -2.53. The van der Waals surface area contributed by atoms with Crippen LogP contribution in [0.4, 0.5) is 5.69 Å². The molecule has 5 heteroatoms. The van der Waals surface area contributed by atoms with Crippen molar-refractivity contribution in [2.75, 3.05) is 25.5 Å². The highest BCUT2D eigenvalue weighted by Crippen LogP contribution is 2.67. The molecule has 4 heterocycles. The molecule has 25 heavy (non-hydrogen) atoms. The number of nitrogens with one attached hydrogen (secondary N) is 1. The molecule has 5 nitrogen and oxygen atoms in total. The summed E-state index contributed by atoms with van der Waals surface area (Å²) in [6.45, 7) is 3.71. The molecule has 5 aliphatic rings. The monoisotopic (exact) mass is 340 g/mol. The topological polar surface area (TPSA) is 61.8 Å². The third-order valence-corrected chi connectivity index (χ3v) is 7.26. The van der Waals surface area contributed by atoms with E-state index in [9.17, 15) is 9.90 Å². The SMILES string of the molecule is CC=C1CN2CCC34c5ccccc5NC23C(O)CC1C4C(=O)OC. The first-order valence-electron chi connectivity index (χ1n) is 9.14. The van der Waals surface area contributed by atoms with E-state index < -0.39 is 17.2 Å². The van der Waals surface area contributed by atoms with Gasteiger partial charge in [-0.05, 0) is 37.3 Å². The summed E-state index contributed by atoms with van der Waals surface area (Å²) in [7, 11) is 1.48. The Bertz CT molecular complexity index is 791. The van der Waals surface area contributed by atoms with Crippen LogP contribution in [-0.4, -0.2) is 47.9 Å². The molecule has 6 unspecified atom stereocenters. The predicted octanol–water partition coefficient (Wildman–Crippen LogP) is 1.88. The number of carbonyl (C=O) groups excluding carboxylic acids is 1. The fourth-order valence-electron chi connectivity index (χ4n) is 6.42. The van der Waals surface area contributed by atoms with Crippen molar-refractivity contribution in [3.8, 4) is 0 Å². The molecule has 0 amide bonds. The number of ether oxygens (including phenoxy) is 1. The molecule has 4 aliphatic heterocycles. The number of aliphatic hydroxyl groups excluding tert-OH is 1. The molecule has 6 atom stereocenters. The molecule has 1 aromatic carbocycles. The minimum atomic E-state index is -0.614. The van der Waals surface area contributed by atoms with Crippen LogP contribution < -0.4 is 5.32 Å². The molecular formula is C20H24N2O3. The van der Waals surface area contributed by atoms with Gasteiger partial charge < -0.3 is 15.2 Å². The van der Waals surface area contributed by atoms with Crippen molar-refractivity contribution in [3.05, 3.63) is 41.5 Å². The summed E-state index contributed by atoms with van der Waals surface area (Å²) in [4.78, 5) is 15.4. The number of allylic oxidation sites excluding steroid dienone is 1. The van der Waals surface area contributed by atoms with Crippen LogP contribution in [0.25, 0.3) is 0 Å². The Balaban J connectivity index is 1.85. The molecule has 132 valence electrons. The van der Waals surface area contributed by atoms with Crippen LogP contribution in [0.3, 0.4) is 0 Å². The number of fused-ring (bicyclic) bond motifs is 3. The average Bonchev–Trinajstić information content (AvgIpc) is 3.03. The van der Waals surface area contributed by atoms with Crippen molar-refractivity contribution in [1.29, 1.82) is 0 Å². The third kappa shape index (κ3) is 1.51. The number of anilines is 1. The van der Waals surface area contributed by atoms with E-state index in [1.165, 1.54) is 12.7 Å². The van der Waals surface area contributed by atoms with Crippen molar-refractivity contribution in [1.82, 2.24) is 4.90 Å². The maximum absolute atomic E-state index is 13.0. The van der Waals surface area contributed by atoms with Gasteiger partial charge in [-0.2, -0.15) is 0 Å². The fourth-order valence-corrected chi connectivity index (χ4v) is 6.42. The van der Waals surface area contributed by atoms with Crippen LogP contribution in [0.15, 0.2) is 35.9 Å². The van der Waals surface area contributed by atoms with E-state index in [2.05, 4.69) is 28.4 Å². The third-order valence-electron chi connectivity index (χ3n) is 7.26. The molecule has 3 saturated heterocycles. The largest absolute Gasteiger partial charge is 0.469 e. The van der Waals surface area contributed by atoms with E-state index in [0.717, 1.165) is 30.8 Å². The summed E-state index contributed by atoms with van der Waals surface area (Å²) in [5.74, 6) is -0.391. The Morgan fingerprint density at radius 2 is 2.24 bits per heavy atom. The maximum Gasteiger partial charge on any atom is 0.310 e. The Kier molecular flexibility index (Phi) is 3.00. The van der Waals surface area contributed by atoms with Gasteiger partial charge in [0.25, 0.3) is 0 Å². The molecule has 1 saturated carbocycles. The van der Waals surface area contributed by atoms with Crippen molar-refractivity contribution >= 4 is 11.7 Å². The number of methoxy groups -OCH3 is 1. The number of benzene rings is 1. The average molecular weight is 340 g/mol. The van der Waals surface area contributed by atoms with E-state index in [-0.39, 0.29) is 17.8 Å². The lowest BCUT2D eigenvalue weighted by atomic mass is 9.53. The zero-order valence-corrected chi connectivity index (χ0v) is 14.7. The van der Waals surface area contributed by atoms with Gasteiger partial charge in [-0.3, -0.25) is 9.69 Å². The van der Waals surface area contributed by atoms with Gasteiger partial charge in [-0.25, -0.2) is 0 Å². The van der Waals surface area contributed by atoms with E-state index in [0.29, 0.717) is 6.42 Å². The number of nitrogens with zero attached hydrogens (tertiary/aromatic N) is 1. The van der Waals surface area contributed by atoms with Crippen LogP contribution in [-0.2, 0) is 14.9 Å². The molecular weight excluding hydrogens is 316 g/mol. The fraction of sp³-hybridized carbons (Fsp3) is 0.550. The number of hydrogen-bond donors (Lipinski definition) is 2. The van der Waals surface area contributed by atoms with Gasteiger partial charge in [0.2, 0.25) is 0 Å². The minimum absolute atomic E-state index is 0.0267. The van der Waals surface area contributed by atoms with Gasteiger partial charge >= 0.3 is 5.97 Å². The number of esters is 1. The second-order valence-electron chi connectivity index (χ2n) is 7.80. The molecule has 2 N–H and O–H groups in total. The van der Waals surface area contributed by atoms with Crippen LogP contribution in [0, 0.1) is 11.8 Å². The van der Waals surface area contributed by atoms with Crippen LogP contribution >= 0.6 is 0 Å². The lowest BCUT2D eigenvalue weighted by Crippen LogP contribution is -2.70. The molecule has 1 spiro atoms. The molecule has 4 bridgehead atoms. The Morgan fingerprint density at radius 1 is 1.44 bits per heavy atom.